The van der Waals surface area contributed by atoms with Crippen molar-refractivity contribution in [2.45, 2.75) is 38.3 Å². The molecule has 1 aliphatic carbocycles. The van der Waals surface area contributed by atoms with Gasteiger partial charge in [0.1, 0.15) is 11.6 Å². The van der Waals surface area contributed by atoms with Crippen LogP contribution in [-0.4, -0.2) is 28.6 Å². The number of carbonyl (C=O) groups excluding carboxylic acids is 3. The lowest BCUT2D eigenvalue weighted by Gasteiger charge is -2.47. The zero-order valence-electron chi connectivity index (χ0n) is 11.0. The van der Waals surface area contributed by atoms with Gasteiger partial charge in [-0.3, -0.25) is 19.7 Å². The summed E-state index contributed by atoms with van der Waals surface area (Å²) in [4.78, 5) is 36.6. The van der Waals surface area contributed by atoms with Crippen LogP contribution >= 0.6 is 0 Å². The molecule has 0 aromatic rings. The minimum absolute atomic E-state index is 0.316. The van der Waals surface area contributed by atoms with Gasteiger partial charge in [0.25, 0.3) is 0 Å². The molecule has 4 atom stereocenters. The van der Waals surface area contributed by atoms with Crippen molar-refractivity contribution in [2.24, 2.45) is 16.7 Å². The number of carbonyl (C=O) groups is 3. The summed E-state index contributed by atoms with van der Waals surface area (Å²) < 4.78 is 0. The molecule has 106 valence electrons. The van der Waals surface area contributed by atoms with Gasteiger partial charge in [0.15, 0.2) is 5.41 Å². The van der Waals surface area contributed by atoms with E-state index in [1.807, 2.05) is 0 Å². The van der Waals surface area contributed by atoms with Crippen molar-refractivity contribution in [3.63, 3.8) is 0 Å². The van der Waals surface area contributed by atoms with E-state index in [0.717, 1.165) is 12.8 Å². The lowest BCUT2D eigenvalue weighted by atomic mass is 9.53. The molecule has 2 heterocycles. The number of nitriles is 1. The summed E-state index contributed by atoms with van der Waals surface area (Å²) in [5.74, 6) is -3.65. The second-order valence-corrected chi connectivity index (χ2v) is 6.04. The maximum Gasteiger partial charge on any atom is 0.245 e. The van der Waals surface area contributed by atoms with Crippen LogP contribution in [0.25, 0.3) is 0 Å². The first-order valence-electron chi connectivity index (χ1n) is 6.63. The first kappa shape index (κ1) is 13.1. The summed E-state index contributed by atoms with van der Waals surface area (Å²) in [6.07, 6.45) is 2.17. The van der Waals surface area contributed by atoms with E-state index in [2.05, 4.69) is 10.6 Å². The summed E-state index contributed by atoms with van der Waals surface area (Å²) in [6.45, 7) is 1.62. The topological polar surface area (TPSA) is 119 Å². The van der Waals surface area contributed by atoms with Crippen molar-refractivity contribution in [1.29, 1.82) is 5.26 Å². The number of hydrogen-bond donors (Lipinski definition) is 3. The van der Waals surface area contributed by atoms with Crippen LogP contribution in [-0.2, 0) is 14.4 Å². The Morgan fingerprint density at radius 2 is 1.90 bits per heavy atom. The Kier molecular flexibility index (Phi) is 2.34. The zero-order chi connectivity index (χ0) is 14.8. The van der Waals surface area contributed by atoms with E-state index in [1.54, 1.807) is 13.0 Å². The van der Waals surface area contributed by atoms with Crippen molar-refractivity contribution < 1.29 is 19.5 Å². The van der Waals surface area contributed by atoms with Crippen LogP contribution < -0.4 is 10.6 Å². The van der Waals surface area contributed by atoms with E-state index in [1.165, 1.54) is 0 Å². The predicted molar refractivity (Wildman–Crippen MR) is 64.4 cm³/mol. The predicted octanol–water partition coefficient (Wildman–Crippen LogP) is -0.832. The summed E-state index contributed by atoms with van der Waals surface area (Å²) in [5, 5.41) is 24.6. The summed E-state index contributed by atoms with van der Waals surface area (Å²) in [7, 11) is 0. The summed E-state index contributed by atoms with van der Waals surface area (Å²) in [5.41, 5.74) is -4.53. The Labute approximate surface area is 115 Å². The minimum atomic E-state index is -1.83. The fourth-order valence-electron chi connectivity index (χ4n) is 4.17. The highest BCUT2D eigenvalue weighted by Crippen LogP contribution is 2.62. The van der Waals surface area contributed by atoms with Crippen LogP contribution in [0.15, 0.2) is 0 Å². The number of imide groups is 1. The molecule has 0 aromatic carbocycles. The quantitative estimate of drug-likeness (QED) is 0.394. The first-order chi connectivity index (χ1) is 9.33. The van der Waals surface area contributed by atoms with Crippen molar-refractivity contribution in [2.75, 3.05) is 0 Å². The monoisotopic (exact) mass is 277 g/mol. The molecule has 3 N–H and O–H groups in total. The van der Waals surface area contributed by atoms with E-state index in [-0.39, 0.29) is 0 Å². The maximum absolute atomic E-state index is 12.5. The zero-order valence-corrected chi connectivity index (χ0v) is 11.0. The van der Waals surface area contributed by atoms with Gasteiger partial charge >= 0.3 is 0 Å². The normalized spacial score (nSPS) is 46.9. The smallest absolute Gasteiger partial charge is 0.245 e. The lowest BCUT2D eigenvalue weighted by molar-refractivity contribution is -0.162. The van der Waals surface area contributed by atoms with E-state index in [4.69, 9.17) is 0 Å². The molecular weight excluding hydrogens is 262 g/mol. The molecule has 4 unspecified atom stereocenters. The number of aliphatic hydroxyl groups is 1. The Bertz CT molecular complexity index is 583. The highest BCUT2D eigenvalue weighted by atomic mass is 16.3. The van der Waals surface area contributed by atoms with Crippen LogP contribution in [0.1, 0.15) is 32.6 Å². The summed E-state index contributed by atoms with van der Waals surface area (Å²) in [6, 6.07) is 1.78. The molecule has 20 heavy (non-hydrogen) atoms. The number of hydrogen-bond acceptors (Lipinski definition) is 5. The molecule has 3 rings (SSSR count). The molecular formula is C13H15N3O4. The average molecular weight is 277 g/mol. The number of nitrogens with zero attached hydrogens (tertiary/aromatic N) is 1. The van der Waals surface area contributed by atoms with Crippen molar-refractivity contribution in [3.8, 4) is 6.07 Å². The molecule has 3 amide bonds. The largest absolute Gasteiger partial charge is 0.370 e. The standard InChI is InChI=1S/C13H15N3O4/c1-11-4-2-3-5-12(11,20)16-10(19)13(11)7(6-14)8(17)15-9(13)18/h7,20H,2-5H2,1H3,(H,16,19)(H,15,17,18). The van der Waals surface area contributed by atoms with Gasteiger partial charge in [0.2, 0.25) is 17.7 Å². The minimum Gasteiger partial charge on any atom is -0.370 e. The Hall–Kier alpha value is -1.94. The van der Waals surface area contributed by atoms with Crippen molar-refractivity contribution in [3.05, 3.63) is 0 Å². The van der Waals surface area contributed by atoms with E-state index in [0.29, 0.717) is 12.8 Å². The number of amides is 3. The van der Waals surface area contributed by atoms with Gasteiger partial charge in [-0.15, -0.1) is 0 Å². The van der Waals surface area contributed by atoms with Crippen LogP contribution in [0.5, 0.6) is 0 Å². The lowest BCUT2D eigenvalue weighted by Crippen LogP contribution is -2.58. The fraction of sp³-hybridized carbons (Fsp3) is 0.692. The molecule has 0 bridgehead atoms. The van der Waals surface area contributed by atoms with Crippen LogP contribution in [0.2, 0.25) is 0 Å². The van der Waals surface area contributed by atoms with Gasteiger partial charge in [-0.1, -0.05) is 13.3 Å². The molecule has 1 spiro atoms. The second-order valence-electron chi connectivity index (χ2n) is 6.04. The highest BCUT2D eigenvalue weighted by molar-refractivity contribution is 6.21. The maximum atomic E-state index is 12.5. The van der Waals surface area contributed by atoms with Crippen LogP contribution in [0.4, 0.5) is 0 Å². The number of fused-ring (bicyclic) bond motifs is 2. The van der Waals surface area contributed by atoms with Gasteiger partial charge in [-0.05, 0) is 19.3 Å². The number of nitrogens with one attached hydrogen (secondary N) is 2. The fourth-order valence-corrected chi connectivity index (χ4v) is 4.17. The van der Waals surface area contributed by atoms with Crippen molar-refractivity contribution >= 4 is 17.7 Å². The van der Waals surface area contributed by atoms with E-state index in [9.17, 15) is 24.8 Å². The molecule has 7 heteroatoms. The molecule has 0 aromatic heterocycles. The van der Waals surface area contributed by atoms with E-state index >= 15 is 0 Å². The highest BCUT2D eigenvalue weighted by Gasteiger charge is 2.79. The van der Waals surface area contributed by atoms with Gasteiger partial charge in [-0.2, -0.15) is 5.26 Å². The molecule has 2 saturated heterocycles. The van der Waals surface area contributed by atoms with Gasteiger partial charge in [0.05, 0.1) is 6.07 Å². The molecule has 7 nitrogen and oxygen atoms in total. The van der Waals surface area contributed by atoms with Crippen molar-refractivity contribution in [1.82, 2.24) is 10.6 Å². The van der Waals surface area contributed by atoms with Gasteiger partial charge in [0, 0.05) is 5.41 Å². The van der Waals surface area contributed by atoms with Crippen LogP contribution in [0, 0.1) is 28.1 Å². The third-order valence-electron chi connectivity index (χ3n) is 5.35. The average Bonchev–Trinajstić information content (AvgIpc) is 2.73. The summed E-state index contributed by atoms with van der Waals surface area (Å²) >= 11 is 0. The Morgan fingerprint density at radius 1 is 1.25 bits per heavy atom. The SMILES string of the molecule is CC12CCCCC1(O)NC(=O)C21C(=O)NC(=O)C1C#N. The second kappa shape index (κ2) is 3.58. The van der Waals surface area contributed by atoms with Gasteiger partial charge in [-0.25, -0.2) is 0 Å². The first-order valence-corrected chi connectivity index (χ1v) is 6.63. The molecule has 2 aliphatic heterocycles. The molecule has 0 radical (unpaired) electrons. The molecule has 3 aliphatic rings. The molecule has 1 saturated carbocycles. The van der Waals surface area contributed by atoms with Gasteiger partial charge < -0.3 is 10.4 Å². The van der Waals surface area contributed by atoms with E-state index < -0.39 is 40.2 Å². The Balaban J connectivity index is 2.26. The third kappa shape index (κ3) is 1.08. The number of rotatable bonds is 0. The molecule has 3 fully saturated rings. The van der Waals surface area contributed by atoms with Crippen LogP contribution in [0.3, 0.4) is 0 Å². The third-order valence-corrected chi connectivity index (χ3v) is 5.35. The Morgan fingerprint density at radius 3 is 2.55 bits per heavy atom.